The van der Waals surface area contributed by atoms with E-state index < -0.39 is 54.2 Å². The van der Waals surface area contributed by atoms with Gasteiger partial charge in [-0.25, -0.2) is 9.59 Å². The van der Waals surface area contributed by atoms with E-state index in [1.807, 2.05) is 30.3 Å². The van der Waals surface area contributed by atoms with Gasteiger partial charge in [0.15, 0.2) is 6.23 Å². The standard InChI is InChI=1S/C25H33N3O8/c1-25(2,3)36-24(33)27-17(12-15-8-5-4-6-9-15)23(32)34-14-18-19(29)20(30)22(35-18)28-11-7-10-16(13-28)21(26)31/h4-9,11,13,17-20,22,29-30H,10,12,14H2,1-3H3,(H2,26,31)(H,27,33)/t17-,18+,19+,20+,22+/m0/s1. The highest BCUT2D eigenvalue weighted by Gasteiger charge is 2.45. The number of allylic oxidation sites excluding steroid dienone is 1. The molecule has 3 rings (SSSR count). The predicted octanol–water partition coefficient (Wildman–Crippen LogP) is 0.701. The van der Waals surface area contributed by atoms with Crippen molar-refractivity contribution in [2.75, 3.05) is 6.61 Å². The summed E-state index contributed by atoms with van der Waals surface area (Å²) in [7, 11) is 0. The van der Waals surface area contributed by atoms with Crippen LogP contribution in [0.25, 0.3) is 0 Å². The van der Waals surface area contributed by atoms with Crippen molar-refractivity contribution in [3.63, 3.8) is 0 Å². The minimum absolute atomic E-state index is 0.150. The van der Waals surface area contributed by atoms with Gasteiger partial charge >= 0.3 is 12.1 Å². The Morgan fingerprint density at radius 2 is 1.89 bits per heavy atom. The van der Waals surface area contributed by atoms with Crippen LogP contribution in [0.3, 0.4) is 0 Å². The molecular formula is C25H33N3O8. The molecule has 0 saturated carbocycles. The van der Waals surface area contributed by atoms with Crippen LogP contribution in [0.4, 0.5) is 4.79 Å². The van der Waals surface area contributed by atoms with Crippen LogP contribution in [-0.4, -0.2) is 75.9 Å². The monoisotopic (exact) mass is 503 g/mol. The zero-order valence-corrected chi connectivity index (χ0v) is 20.5. The van der Waals surface area contributed by atoms with Crippen LogP contribution < -0.4 is 11.1 Å². The van der Waals surface area contributed by atoms with Crippen molar-refractivity contribution >= 4 is 18.0 Å². The second kappa shape index (κ2) is 11.5. The number of hydrogen-bond acceptors (Lipinski definition) is 9. The number of carbonyl (C=O) groups is 3. The number of ether oxygens (including phenoxy) is 3. The van der Waals surface area contributed by atoms with Gasteiger partial charge in [-0.3, -0.25) is 4.79 Å². The Hall–Kier alpha value is -3.41. The number of nitrogens with two attached hydrogens (primary N) is 1. The van der Waals surface area contributed by atoms with Gasteiger partial charge in [-0.1, -0.05) is 36.4 Å². The molecule has 11 nitrogen and oxygen atoms in total. The van der Waals surface area contributed by atoms with Crippen molar-refractivity contribution in [2.45, 2.75) is 69.8 Å². The van der Waals surface area contributed by atoms with Gasteiger partial charge in [-0.05, 0) is 32.8 Å². The highest BCUT2D eigenvalue weighted by molar-refractivity contribution is 5.92. The fraction of sp³-hybridized carbons (Fsp3) is 0.480. The molecule has 5 N–H and O–H groups in total. The normalized spacial score (nSPS) is 24.6. The van der Waals surface area contributed by atoms with Crippen molar-refractivity contribution in [3.05, 3.63) is 59.9 Å². The zero-order chi connectivity index (χ0) is 26.5. The molecule has 2 amide bonds. The first-order valence-electron chi connectivity index (χ1n) is 11.6. The number of alkyl carbamates (subject to hydrolysis) is 1. The van der Waals surface area contributed by atoms with Crippen LogP contribution in [0.15, 0.2) is 54.4 Å². The SMILES string of the molecule is CC(C)(C)OC(=O)N[C@@H](Cc1ccccc1)C(=O)OC[C@H]1O[C@@H](N2C=CCC(C(N)=O)=C2)[C@H](O)[C@@H]1O. The van der Waals surface area contributed by atoms with Gasteiger partial charge in [-0.15, -0.1) is 0 Å². The first-order chi connectivity index (χ1) is 16.9. The number of primary amides is 1. The summed E-state index contributed by atoms with van der Waals surface area (Å²) in [5.74, 6) is -1.36. The molecule has 1 fully saturated rings. The average Bonchev–Trinajstić information content (AvgIpc) is 3.10. The fourth-order valence-electron chi connectivity index (χ4n) is 3.77. The molecule has 1 saturated heterocycles. The average molecular weight is 504 g/mol. The fourth-order valence-corrected chi connectivity index (χ4v) is 3.77. The molecule has 1 aromatic carbocycles. The van der Waals surface area contributed by atoms with E-state index in [1.54, 1.807) is 33.0 Å². The summed E-state index contributed by atoms with van der Waals surface area (Å²) < 4.78 is 16.4. The number of aliphatic hydroxyl groups is 2. The van der Waals surface area contributed by atoms with Crippen molar-refractivity contribution in [3.8, 4) is 0 Å². The summed E-state index contributed by atoms with van der Waals surface area (Å²) in [4.78, 5) is 38.2. The van der Waals surface area contributed by atoms with Gasteiger partial charge in [0, 0.05) is 24.4 Å². The number of nitrogens with zero attached hydrogens (tertiary/aromatic N) is 1. The zero-order valence-electron chi connectivity index (χ0n) is 20.5. The van der Waals surface area contributed by atoms with E-state index in [0.29, 0.717) is 12.0 Å². The third-order valence-corrected chi connectivity index (χ3v) is 5.52. The lowest BCUT2D eigenvalue weighted by Gasteiger charge is -2.28. The van der Waals surface area contributed by atoms with Gasteiger partial charge in [-0.2, -0.15) is 0 Å². The Balaban J connectivity index is 1.64. The second-order valence-electron chi connectivity index (χ2n) is 9.62. The topological polar surface area (TPSA) is 161 Å². The molecular weight excluding hydrogens is 470 g/mol. The van der Waals surface area contributed by atoms with Crippen molar-refractivity contribution < 1.29 is 38.8 Å². The van der Waals surface area contributed by atoms with Crippen LogP contribution in [0.1, 0.15) is 32.8 Å². The highest BCUT2D eigenvalue weighted by Crippen LogP contribution is 2.27. The predicted molar refractivity (Wildman–Crippen MR) is 128 cm³/mol. The first-order valence-corrected chi connectivity index (χ1v) is 11.6. The molecule has 36 heavy (non-hydrogen) atoms. The summed E-state index contributed by atoms with van der Waals surface area (Å²) in [6, 6.07) is 8.00. The Kier molecular flexibility index (Phi) is 8.72. The van der Waals surface area contributed by atoms with Gasteiger partial charge in [0.1, 0.15) is 36.6 Å². The minimum atomic E-state index is -1.37. The van der Waals surface area contributed by atoms with Crippen molar-refractivity contribution in [1.29, 1.82) is 0 Å². The third kappa shape index (κ3) is 7.30. The molecule has 0 unspecified atom stereocenters. The number of benzene rings is 1. The summed E-state index contributed by atoms with van der Waals surface area (Å²) in [6.07, 6.45) is -0.350. The second-order valence-corrected chi connectivity index (χ2v) is 9.62. The summed E-state index contributed by atoms with van der Waals surface area (Å²) in [5, 5.41) is 23.5. The lowest BCUT2D eigenvalue weighted by Crippen LogP contribution is -2.46. The Labute approximate surface area is 209 Å². The molecule has 2 aliphatic heterocycles. The number of carbonyl (C=O) groups excluding carboxylic acids is 3. The highest BCUT2D eigenvalue weighted by atomic mass is 16.6. The number of rotatable bonds is 8. The van der Waals surface area contributed by atoms with Gasteiger partial charge in [0.2, 0.25) is 5.91 Å². The summed E-state index contributed by atoms with van der Waals surface area (Å²) >= 11 is 0. The smallest absolute Gasteiger partial charge is 0.408 e. The van der Waals surface area contributed by atoms with Crippen LogP contribution in [0.2, 0.25) is 0 Å². The van der Waals surface area contributed by atoms with E-state index in [-0.39, 0.29) is 13.0 Å². The molecule has 1 aromatic rings. The molecule has 196 valence electrons. The number of aliphatic hydroxyl groups excluding tert-OH is 2. The Morgan fingerprint density at radius 1 is 1.19 bits per heavy atom. The molecule has 2 heterocycles. The van der Waals surface area contributed by atoms with Gasteiger partial charge in [0.05, 0.1) is 0 Å². The van der Waals surface area contributed by atoms with Gasteiger partial charge < -0.3 is 40.4 Å². The van der Waals surface area contributed by atoms with Crippen LogP contribution in [0.5, 0.6) is 0 Å². The molecule has 5 atom stereocenters. The van der Waals surface area contributed by atoms with Crippen LogP contribution >= 0.6 is 0 Å². The summed E-state index contributed by atoms with van der Waals surface area (Å²) in [6.45, 7) is 4.74. The van der Waals surface area contributed by atoms with E-state index in [9.17, 15) is 24.6 Å². The van der Waals surface area contributed by atoms with E-state index in [0.717, 1.165) is 5.56 Å². The Bertz CT molecular complexity index is 1000. The van der Waals surface area contributed by atoms with Gasteiger partial charge in [0.25, 0.3) is 0 Å². The first kappa shape index (κ1) is 27.2. The molecule has 0 bridgehead atoms. The number of esters is 1. The molecule has 2 aliphatic rings. The lowest BCUT2D eigenvalue weighted by atomic mass is 10.1. The van der Waals surface area contributed by atoms with Crippen molar-refractivity contribution in [2.24, 2.45) is 5.73 Å². The van der Waals surface area contributed by atoms with E-state index in [2.05, 4.69) is 5.32 Å². The third-order valence-electron chi connectivity index (χ3n) is 5.52. The number of amides is 2. The molecule has 0 aromatic heterocycles. The number of hydrogen-bond donors (Lipinski definition) is 4. The van der Waals surface area contributed by atoms with Crippen LogP contribution in [-0.2, 0) is 30.2 Å². The molecule has 0 radical (unpaired) electrons. The van der Waals surface area contributed by atoms with Crippen molar-refractivity contribution in [1.82, 2.24) is 10.2 Å². The molecule has 11 heteroatoms. The number of nitrogens with one attached hydrogen (secondary N) is 1. The summed E-state index contributed by atoms with van der Waals surface area (Å²) in [5.41, 5.74) is 5.68. The van der Waals surface area contributed by atoms with E-state index in [4.69, 9.17) is 19.9 Å². The quantitative estimate of drug-likeness (QED) is 0.374. The lowest BCUT2D eigenvalue weighted by molar-refractivity contribution is -0.152. The molecule has 0 spiro atoms. The van der Waals surface area contributed by atoms with E-state index >= 15 is 0 Å². The van der Waals surface area contributed by atoms with Crippen LogP contribution in [0, 0.1) is 0 Å². The van der Waals surface area contributed by atoms with E-state index in [1.165, 1.54) is 11.1 Å². The maximum Gasteiger partial charge on any atom is 0.408 e. The Morgan fingerprint density at radius 3 is 2.53 bits per heavy atom. The maximum atomic E-state index is 12.9. The minimum Gasteiger partial charge on any atom is -0.461 e. The largest absolute Gasteiger partial charge is 0.461 e. The maximum absolute atomic E-state index is 12.9. The molecule has 0 aliphatic carbocycles.